The Morgan fingerprint density at radius 2 is 1.65 bits per heavy atom. The zero-order valence-corrected chi connectivity index (χ0v) is 22.1. The number of hydrogen-bond donors (Lipinski definition) is 1. The Morgan fingerprint density at radius 1 is 0.838 bits per heavy atom. The van der Waals surface area contributed by atoms with Crippen LogP contribution >= 0.6 is 0 Å². The molecule has 1 heterocycles. The van der Waals surface area contributed by atoms with Gasteiger partial charge in [0, 0.05) is 26.0 Å². The van der Waals surface area contributed by atoms with E-state index >= 15 is 0 Å². The Morgan fingerprint density at radius 3 is 2.51 bits per heavy atom. The molecule has 3 aromatic rings. The summed E-state index contributed by atoms with van der Waals surface area (Å²) in [6.45, 7) is 3.92. The summed E-state index contributed by atoms with van der Waals surface area (Å²) in [6, 6.07) is 26.1. The van der Waals surface area contributed by atoms with E-state index in [0.717, 1.165) is 77.4 Å². The lowest BCUT2D eigenvalue weighted by molar-refractivity contribution is -0.200. The van der Waals surface area contributed by atoms with Crippen LogP contribution in [0.2, 0.25) is 0 Å². The number of hydroxylamine groups is 1. The molecule has 0 radical (unpaired) electrons. The van der Waals surface area contributed by atoms with Gasteiger partial charge in [0.1, 0.15) is 0 Å². The number of nitrogens with one attached hydrogen (secondary N) is 1. The topological polar surface area (TPSA) is 50.8 Å². The van der Waals surface area contributed by atoms with Crippen molar-refractivity contribution in [2.24, 2.45) is 0 Å². The highest BCUT2D eigenvalue weighted by Gasteiger charge is 2.15. The Bertz CT molecular complexity index is 1060. The van der Waals surface area contributed by atoms with E-state index in [9.17, 15) is 4.79 Å². The average molecular weight is 503 g/mol. The molecule has 1 aliphatic rings. The van der Waals surface area contributed by atoms with Crippen LogP contribution in [-0.4, -0.2) is 43.3 Å². The summed E-state index contributed by atoms with van der Waals surface area (Å²) >= 11 is 0. The third-order valence-electron chi connectivity index (χ3n) is 7.18. The standard InChI is InChI=1S/C32H42N2O3/c35-31(33-37-32-21-8-10-26-36-32)20-5-2-9-23-34(24-12-15-27-13-3-1-4-14-27)25-22-29-18-11-17-28-16-6-7-19-30(28)29/h1,3-4,6-7,11,13-14,16-19,32H,2,5,8-10,12,15,20-26H2,(H,33,35). The molecule has 1 N–H and O–H groups in total. The molecule has 1 fully saturated rings. The lowest BCUT2D eigenvalue weighted by atomic mass is 10.0. The first-order valence-electron chi connectivity index (χ1n) is 14.1. The monoisotopic (exact) mass is 502 g/mol. The van der Waals surface area contributed by atoms with Gasteiger partial charge in [0.05, 0.1) is 0 Å². The van der Waals surface area contributed by atoms with E-state index in [1.165, 1.54) is 21.9 Å². The molecule has 1 aliphatic heterocycles. The number of benzene rings is 3. The van der Waals surface area contributed by atoms with Crippen LogP contribution in [0.15, 0.2) is 72.8 Å². The molecule has 0 saturated carbocycles. The minimum absolute atomic E-state index is 0.0511. The van der Waals surface area contributed by atoms with Gasteiger partial charge in [-0.2, -0.15) is 0 Å². The maximum Gasteiger partial charge on any atom is 0.243 e. The van der Waals surface area contributed by atoms with Crippen LogP contribution in [0.4, 0.5) is 0 Å². The Balaban J connectivity index is 1.20. The molecule has 37 heavy (non-hydrogen) atoms. The van der Waals surface area contributed by atoms with Crippen LogP contribution < -0.4 is 5.48 Å². The molecule has 0 aliphatic carbocycles. The van der Waals surface area contributed by atoms with Crippen molar-refractivity contribution in [3.05, 3.63) is 83.9 Å². The summed E-state index contributed by atoms with van der Waals surface area (Å²) in [5.41, 5.74) is 5.40. The van der Waals surface area contributed by atoms with Gasteiger partial charge < -0.3 is 9.64 Å². The first-order valence-corrected chi connectivity index (χ1v) is 14.1. The van der Waals surface area contributed by atoms with Crippen LogP contribution in [0.5, 0.6) is 0 Å². The van der Waals surface area contributed by atoms with Crippen molar-refractivity contribution >= 4 is 16.7 Å². The van der Waals surface area contributed by atoms with Gasteiger partial charge >= 0.3 is 0 Å². The van der Waals surface area contributed by atoms with Crippen molar-refractivity contribution in [3.8, 4) is 0 Å². The second-order valence-electron chi connectivity index (χ2n) is 10.1. The van der Waals surface area contributed by atoms with E-state index in [-0.39, 0.29) is 12.2 Å². The van der Waals surface area contributed by atoms with Gasteiger partial charge in [-0.1, -0.05) is 79.2 Å². The molecular weight excluding hydrogens is 460 g/mol. The summed E-state index contributed by atoms with van der Waals surface area (Å²) in [4.78, 5) is 20.1. The van der Waals surface area contributed by atoms with Crippen molar-refractivity contribution in [2.45, 2.75) is 70.5 Å². The van der Waals surface area contributed by atoms with Crippen LogP contribution in [0.25, 0.3) is 10.8 Å². The first-order chi connectivity index (χ1) is 18.3. The highest BCUT2D eigenvalue weighted by atomic mass is 16.8. The molecule has 1 amide bonds. The molecule has 3 aromatic carbocycles. The third-order valence-corrected chi connectivity index (χ3v) is 7.18. The van der Waals surface area contributed by atoms with Gasteiger partial charge in [-0.25, -0.2) is 10.3 Å². The van der Waals surface area contributed by atoms with Gasteiger partial charge in [-0.05, 0) is 79.9 Å². The molecular formula is C32H42N2O3. The van der Waals surface area contributed by atoms with Crippen LogP contribution in [0.1, 0.15) is 62.5 Å². The largest absolute Gasteiger partial charge is 0.350 e. The molecule has 0 aromatic heterocycles. The van der Waals surface area contributed by atoms with Crippen molar-refractivity contribution in [1.29, 1.82) is 0 Å². The van der Waals surface area contributed by atoms with Crippen molar-refractivity contribution < 1.29 is 14.4 Å². The van der Waals surface area contributed by atoms with Crippen LogP contribution in [-0.2, 0) is 27.2 Å². The van der Waals surface area contributed by atoms with Crippen molar-refractivity contribution in [1.82, 2.24) is 10.4 Å². The SMILES string of the molecule is O=C(CCCCCN(CCCc1ccccc1)CCc1cccc2ccccc12)NOC1CCCCO1. The molecule has 1 unspecified atom stereocenters. The van der Waals surface area contributed by atoms with E-state index in [2.05, 4.69) is 83.2 Å². The van der Waals surface area contributed by atoms with Crippen LogP contribution in [0.3, 0.4) is 0 Å². The fourth-order valence-corrected chi connectivity index (χ4v) is 5.06. The van der Waals surface area contributed by atoms with Crippen molar-refractivity contribution in [2.75, 3.05) is 26.2 Å². The van der Waals surface area contributed by atoms with Gasteiger partial charge in [-0.3, -0.25) is 4.79 Å². The Labute approximate surface area is 222 Å². The van der Waals surface area contributed by atoms with Gasteiger partial charge in [0.15, 0.2) is 6.29 Å². The Kier molecular flexibility index (Phi) is 11.4. The predicted molar refractivity (Wildman–Crippen MR) is 150 cm³/mol. The predicted octanol–water partition coefficient (Wildman–Crippen LogP) is 6.45. The molecule has 1 saturated heterocycles. The van der Waals surface area contributed by atoms with Crippen LogP contribution in [0, 0.1) is 0 Å². The van der Waals surface area contributed by atoms with Gasteiger partial charge in [-0.15, -0.1) is 0 Å². The lowest BCUT2D eigenvalue weighted by Crippen LogP contribution is -2.33. The molecule has 1 atom stereocenters. The molecule has 5 nitrogen and oxygen atoms in total. The molecule has 0 spiro atoms. The number of amides is 1. The summed E-state index contributed by atoms with van der Waals surface area (Å²) in [5.74, 6) is -0.0511. The lowest BCUT2D eigenvalue weighted by Gasteiger charge is -2.23. The maximum absolute atomic E-state index is 12.1. The summed E-state index contributed by atoms with van der Waals surface area (Å²) in [6.07, 6.45) is 9.54. The van der Waals surface area contributed by atoms with E-state index in [4.69, 9.17) is 9.57 Å². The molecule has 4 rings (SSSR count). The molecule has 198 valence electrons. The minimum Gasteiger partial charge on any atom is -0.350 e. The fourth-order valence-electron chi connectivity index (χ4n) is 5.06. The highest BCUT2D eigenvalue weighted by Crippen LogP contribution is 2.19. The summed E-state index contributed by atoms with van der Waals surface area (Å²) in [5, 5.41) is 2.68. The van der Waals surface area contributed by atoms with Crippen molar-refractivity contribution in [3.63, 3.8) is 0 Å². The van der Waals surface area contributed by atoms with Gasteiger partial charge in [0.2, 0.25) is 5.91 Å². The number of carbonyl (C=O) groups excluding carboxylic acids is 1. The van der Waals surface area contributed by atoms with E-state index in [0.29, 0.717) is 13.0 Å². The number of unbranched alkanes of at least 4 members (excludes halogenated alkanes) is 2. The number of aryl methyl sites for hydroxylation is 1. The number of rotatable bonds is 15. The number of carbonyl (C=O) groups is 1. The molecule has 5 heteroatoms. The second-order valence-corrected chi connectivity index (χ2v) is 10.1. The average Bonchev–Trinajstić information content (AvgIpc) is 2.95. The maximum atomic E-state index is 12.1. The normalized spacial score (nSPS) is 15.8. The zero-order chi connectivity index (χ0) is 25.5. The van der Waals surface area contributed by atoms with Gasteiger partial charge in [0.25, 0.3) is 0 Å². The van der Waals surface area contributed by atoms with E-state index < -0.39 is 0 Å². The first kappa shape index (κ1) is 27.3. The summed E-state index contributed by atoms with van der Waals surface area (Å²) in [7, 11) is 0. The van der Waals surface area contributed by atoms with E-state index in [1.54, 1.807) is 0 Å². The summed E-state index contributed by atoms with van der Waals surface area (Å²) < 4.78 is 5.49. The highest BCUT2D eigenvalue weighted by molar-refractivity contribution is 5.85. The number of nitrogens with zero attached hydrogens (tertiary/aromatic N) is 1. The number of hydrogen-bond acceptors (Lipinski definition) is 4. The third kappa shape index (κ3) is 9.58. The number of fused-ring (bicyclic) bond motifs is 1. The smallest absolute Gasteiger partial charge is 0.243 e. The fraction of sp³-hybridized carbons (Fsp3) is 0.469. The molecule has 0 bridgehead atoms. The minimum atomic E-state index is -0.288. The Hall–Kier alpha value is -2.73. The van der Waals surface area contributed by atoms with E-state index in [1.807, 2.05) is 0 Å². The number of ether oxygens (including phenoxy) is 1. The quantitative estimate of drug-likeness (QED) is 0.192. The zero-order valence-electron chi connectivity index (χ0n) is 22.1. The second kappa shape index (κ2) is 15.5.